The van der Waals surface area contributed by atoms with Gasteiger partial charge in [0.1, 0.15) is 6.61 Å². The van der Waals surface area contributed by atoms with Gasteiger partial charge in [-0.2, -0.15) is 0 Å². The Morgan fingerprint density at radius 1 is 1.28 bits per heavy atom. The lowest BCUT2D eigenvalue weighted by Crippen LogP contribution is -2.13. The minimum atomic E-state index is -0.824. The molecule has 0 unspecified atom stereocenters. The number of benzene rings is 1. The minimum Gasteiger partial charge on any atom is -0.443 e. The van der Waals surface area contributed by atoms with Crippen LogP contribution < -0.4 is 11.5 Å². The summed E-state index contributed by atoms with van der Waals surface area (Å²) in [6.07, 6.45) is 0.719. The van der Waals surface area contributed by atoms with Crippen LogP contribution in [0.25, 0.3) is 11.1 Å². The predicted molar refractivity (Wildman–Crippen MR) is 68.5 cm³/mol. The van der Waals surface area contributed by atoms with Crippen LogP contribution in [-0.4, -0.2) is 11.1 Å². The van der Waals surface area contributed by atoms with E-state index in [-0.39, 0.29) is 6.61 Å². The summed E-state index contributed by atoms with van der Waals surface area (Å²) in [4.78, 5) is 14.6. The minimum absolute atomic E-state index is 0.0371. The molecule has 0 fully saturated rings. The van der Waals surface area contributed by atoms with Gasteiger partial charge >= 0.3 is 6.09 Å². The Labute approximate surface area is 104 Å². The molecule has 0 saturated heterocycles. The molecule has 1 heterocycles. The van der Waals surface area contributed by atoms with Crippen molar-refractivity contribution in [2.45, 2.75) is 6.61 Å². The van der Waals surface area contributed by atoms with Crippen LogP contribution in [0.3, 0.4) is 0 Å². The van der Waals surface area contributed by atoms with Crippen LogP contribution in [0.5, 0.6) is 0 Å². The Balaban J connectivity index is 2.30. The van der Waals surface area contributed by atoms with E-state index < -0.39 is 6.09 Å². The highest BCUT2D eigenvalue weighted by Gasteiger charge is 2.06. The van der Waals surface area contributed by atoms with Gasteiger partial charge in [0, 0.05) is 5.56 Å². The molecule has 2 aromatic rings. The highest BCUT2D eigenvalue weighted by molar-refractivity contribution is 5.75. The van der Waals surface area contributed by atoms with Crippen LogP contribution in [0.15, 0.2) is 42.6 Å². The quantitative estimate of drug-likeness (QED) is 0.861. The zero-order chi connectivity index (χ0) is 13.0. The lowest BCUT2D eigenvalue weighted by atomic mass is 10.0. The van der Waals surface area contributed by atoms with Gasteiger partial charge in [0.25, 0.3) is 0 Å². The number of primary amides is 1. The topological polar surface area (TPSA) is 91.2 Å². The number of rotatable bonds is 3. The van der Waals surface area contributed by atoms with E-state index >= 15 is 0 Å². The molecular weight excluding hydrogens is 230 g/mol. The molecular formula is C13H13N3O2. The van der Waals surface area contributed by atoms with Crippen molar-refractivity contribution < 1.29 is 9.53 Å². The second-order valence-corrected chi connectivity index (χ2v) is 3.74. The van der Waals surface area contributed by atoms with Crippen molar-refractivity contribution in [2.24, 2.45) is 5.73 Å². The first kappa shape index (κ1) is 11.9. The van der Waals surface area contributed by atoms with Gasteiger partial charge in [0.15, 0.2) is 0 Å². The molecule has 2 rings (SSSR count). The van der Waals surface area contributed by atoms with Crippen LogP contribution in [-0.2, 0) is 11.3 Å². The summed E-state index contributed by atoms with van der Waals surface area (Å²) in [5, 5.41) is 0. The highest BCUT2D eigenvalue weighted by atomic mass is 16.5. The zero-order valence-electron chi connectivity index (χ0n) is 9.67. The van der Waals surface area contributed by atoms with Gasteiger partial charge in [0.2, 0.25) is 0 Å². The summed E-state index contributed by atoms with van der Waals surface area (Å²) in [6, 6.07) is 11.5. The molecule has 0 aliphatic heterocycles. The highest BCUT2D eigenvalue weighted by Crippen LogP contribution is 2.25. The van der Waals surface area contributed by atoms with Crippen LogP contribution in [0.1, 0.15) is 5.69 Å². The monoisotopic (exact) mass is 243 g/mol. The first-order chi connectivity index (χ1) is 8.66. The van der Waals surface area contributed by atoms with Crippen molar-refractivity contribution >= 4 is 11.8 Å². The Bertz CT molecular complexity index is 555. The smallest absolute Gasteiger partial charge is 0.404 e. The van der Waals surface area contributed by atoms with E-state index in [0.717, 1.165) is 11.1 Å². The molecule has 4 N–H and O–H groups in total. The third kappa shape index (κ3) is 2.76. The number of amides is 1. The average molecular weight is 243 g/mol. The number of carbonyl (C=O) groups is 1. The van der Waals surface area contributed by atoms with E-state index in [9.17, 15) is 4.79 Å². The Morgan fingerprint density at radius 2 is 2.00 bits per heavy atom. The number of aromatic nitrogens is 1. The molecule has 1 amide bonds. The Kier molecular flexibility index (Phi) is 3.43. The number of anilines is 1. The number of ether oxygens (including phenoxy) is 1. The van der Waals surface area contributed by atoms with Gasteiger partial charge < -0.3 is 16.2 Å². The summed E-state index contributed by atoms with van der Waals surface area (Å²) in [5.41, 5.74) is 13.8. The molecule has 5 heteroatoms. The summed E-state index contributed by atoms with van der Waals surface area (Å²) in [5.74, 6) is 0. The maximum absolute atomic E-state index is 10.5. The molecule has 5 nitrogen and oxygen atoms in total. The van der Waals surface area contributed by atoms with Crippen molar-refractivity contribution in [2.75, 3.05) is 5.73 Å². The molecule has 0 radical (unpaired) electrons. The molecule has 0 aliphatic carbocycles. The standard InChI is InChI=1S/C13H13N3O2/c14-12-7-16-10(8-18-13(15)17)6-11(12)9-4-2-1-3-5-9/h1-7H,8,14H2,(H2,15,17). The van der Waals surface area contributed by atoms with Crippen molar-refractivity contribution in [1.29, 1.82) is 0 Å². The molecule has 0 saturated carbocycles. The fourth-order valence-corrected chi connectivity index (χ4v) is 1.60. The first-order valence-electron chi connectivity index (χ1n) is 5.39. The number of nitrogens with zero attached hydrogens (tertiary/aromatic N) is 1. The summed E-state index contributed by atoms with van der Waals surface area (Å²) < 4.78 is 4.69. The Morgan fingerprint density at radius 3 is 2.67 bits per heavy atom. The van der Waals surface area contributed by atoms with Gasteiger partial charge in [-0.1, -0.05) is 30.3 Å². The molecule has 0 bridgehead atoms. The van der Waals surface area contributed by atoms with E-state index in [1.807, 2.05) is 30.3 Å². The Hall–Kier alpha value is -2.56. The normalized spacial score (nSPS) is 10.0. The fraction of sp³-hybridized carbons (Fsp3) is 0.0769. The molecule has 1 aromatic heterocycles. The van der Waals surface area contributed by atoms with Crippen LogP contribution in [0.2, 0.25) is 0 Å². The molecule has 0 spiro atoms. The second kappa shape index (κ2) is 5.18. The van der Waals surface area contributed by atoms with Crippen LogP contribution in [0.4, 0.5) is 10.5 Å². The van der Waals surface area contributed by atoms with Gasteiger partial charge in [-0.15, -0.1) is 0 Å². The zero-order valence-corrected chi connectivity index (χ0v) is 9.67. The van der Waals surface area contributed by atoms with Crippen molar-refractivity contribution in [1.82, 2.24) is 4.98 Å². The molecule has 0 aliphatic rings. The van der Waals surface area contributed by atoms with Gasteiger partial charge in [-0.05, 0) is 11.6 Å². The van der Waals surface area contributed by atoms with Gasteiger partial charge in [-0.25, -0.2) is 4.79 Å². The number of carbonyl (C=O) groups excluding carboxylic acids is 1. The molecule has 1 aromatic carbocycles. The number of pyridine rings is 1. The maximum Gasteiger partial charge on any atom is 0.404 e. The van der Waals surface area contributed by atoms with Gasteiger partial charge in [-0.3, -0.25) is 4.98 Å². The average Bonchev–Trinajstić information content (AvgIpc) is 2.38. The first-order valence-corrected chi connectivity index (χ1v) is 5.39. The lowest BCUT2D eigenvalue weighted by molar-refractivity contribution is 0.149. The third-order valence-corrected chi connectivity index (χ3v) is 2.44. The van der Waals surface area contributed by atoms with Crippen molar-refractivity contribution in [3.63, 3.8) is 0 Å². The number of nitrogen functional groups attached to an aromatic ring is 1. The molecule has 18 heavy (non-hydrogen) atoms. The second-order valence-electron chi connectivity index (χ2n) is 3.74. The summed E-state index contributed by atoms with van der Waals surface area (Å²) in [6.45, 7) is 0.0371. The molecule has 92 valence electrons. The van der Waals surface area contributed by atoms with Crippen LogP contribution in [0, 0.1) is 0 Å². The molecule has 0 atom stereocenters. The van der Waals surface area contributed by atoms with Crippen molar-refractivity contribution in [3.8, 4) is 11.1 Å². The third-order valence-electron chi connectivity index (χ3n) is 2.44. The van der Waals surface area contributed by atoms with E-state index in [1.165, 1.54) is 0 Å². The van der Waals surface area contributed by atoms with E-state index in [2.05, 4.69) is 4.98 Å². The summed E-state index contributed by atoms with van der Waals surface area (Å²) in [7, 11) is 0. The largest absolute Gasteiger partial charge is 0.443 e. The summed E-state index contributed by atoms with van der Waals surface area (Å²) >= 11 is 0. The number of hydrogen-bond acceptors (Lipinski definition) is 4. The van der Waals surface area contributed by atoms with E-state index in [0.29, 0.717) is 11.4 Å². The van der Waals surface area contributed by atoms with Crippen molar-refractivity contribution in [3.05, 3.63) is 48.3 Å². The number of nitrogens with two attached hydrogens (primary N) is 2. The maximum atomic E-state index is 10.5. The SMILES string of the molecule is NC(=O)OCc1cc(-c2ccccc2)c(N)cn1. The predicted octanol–water partition coefficient (Wildman–Crippen LogP) is 1.93. The van der Waals surface area contributed by atoms with E-state index in [4.69, 9.17) is 16.2 Å². The van der Waals surface area contributed by atoms with E-state index in [1.54, 1.807) is 12.3 Å². The fourth-order valence-electron chi connectivity index (χ4n) is 1.60. The van der Waals surface area contributed by atoms with Crippen LogP contribution >= 0.6 is 0 Å². The van der Waals surface area contributed by atoms with Gasteiger partial charge in [0.05, 0.1) is 17.6 Å². The lowest BCUT2D eigenvalue weighted by Gasteiger charge is -2.08. The number of hydrogen-bond donors (Lipinski definition) is 2.